The zero-order valence-corrected chi connectivity index (χ0v) is 19.7. The smallest absolute Gasteiger partial charge is 0.407 e. The fraction of sp³-hybridized carbons (Fsp3) is 0.292. The SMILES string of the molecule is COC(=O)N[C@H](C(=O)N1CC=CC1c1ncc(-c2cccc3c(Br)cccc23)[nH]1)C(C)C. The summed E-state index contributed by atoms with van der Waals surface area (Å²) in [5.74, 6) is 0.409. The number of amides is 2. The highest BCUT2D eigenvalue weighted by atomic mass is 79.9. The number of carbonyl (C=O) groups excluding carboxylic acids is 2. The van der Waals surface area contributed by atoms with Crippen LogP contribution in [0.15, 0.2) is 59.2 Å². The summed E-state index contributed by atoms with van der Waals surface area (Å²) in [7, 11) is 1.29. The molecule has 32 heavy (non-hydrogen) atoms. The summed E-state index contributed by atoms with van der Waals surface area (Å²) in [6.07, 6.45) is 5.07. The van der Waals surface area contributed by atoms with Crippen molar-refractivity contribution >= 4 is 38.7 Å². The Morgan fingerprint density at radius 2 is 1.97 bits per heavy atom. The van der Waals surface area contributed by atoms with Crippen LogP contribution in [0.5, 0.6) is 0 Å². The maximum absolute atomic E-state index is 13.3. The van der Waals surface area contributed by atoms with E-state index in [1.165, 1.54) is 7.11 Å². The number of imidazole rings is 1. The van der Waals surface area contributed by atoms with Gasteiger partial charge in [0.2, 0.25) is 5.91 Å². The van der Waals surface area contributed by atoms with Crippen molar-refractivity contribution in [1.29, 1.82) is 0 Å². The quantitative estimate of drug-likeness (QED) is 0.496. The van der Waals surface area contributed by atoms with Gasteiger partial charge in [-0.3, -0.25) is 4.79 Å². The average molecular weight is 497 g/mol. The first-order valence-corrected chi connectivity index (χ1v) is 11.2. The van der Waals surface area contributed by atoms with Crippen molar-refractivity contribution in [2.75, 3.05) is 13.7 Å². The number of nitrogens with zero attached hydrogens (tertiary/aromatic N) is 2. The molecule has 0 spiro atoms. The summed E-state index contributed by atoms with van der Waals surface area (Å²) < 4.78 is 5.73. The minimum absolute atomic E-state index is 0.0934. The number of hydrogen-bond acceptors (Lipinski definition) is 4. The summed E-state index contributed by atoms with van der Waals surface area (Å²) in [6, 6.07) is 11.2. The summed E-state index contributed by atoms with van der Waals surface area (Å²) in [5, 5.41) is 4.88. The van der Waals surface area contributed by atoms with E-state index in [0.29, 0.717) is 12.4 Å². The predicted octanol–water partition coefficient (Wildman–Crippen LogP) is 4.81. The monoisotopic (exact) mass is 496 g/mol. The van der Waals surface area contributed by atoms with Crippen molar-refractivity contribution in [3.63, 3.8) is 0 Å². The minimum atomic E-state index is -0.685. The Morgan fingerprint density at radius 3 is 2.72 bits per heavy atom. The molecule has 0 fully saturated rings. The van der Waals surface area contributed by atoms with Gasteiger partial charge in [0.05, 0.1) is 19.0 Å². The highest BCUT2D eigenvalue weighted by molar-refractivity contribution is 9.10. The summed E-state index contributed by atoms with van der Waals surface area (Å²) in [6.45, 7) is 4.23. The standard InChI is InChI=1S/C24H25BrN4O3/c1-14(2)21(28-24(31)32-3)23(30)29-12-6-11-20(29)22-26-13-19(27-22)17-9-4-8-16-15(17)7-5-10-18(16)25/h4-11,13-14,20-21H,12H2,1-3H3,(H,26,27)(H,28,31)/t20?,21-/m0/s1. The van der Waals surface area contributed by atoms with Crippen LogP contribution in [0.3, 0.4) is 0 Å². The number of benzene rings is 2. The molecule has 3 aromatic rings. The Labute approximate surface area is 195 Å². The lowest BCUT2D eigenvalue weighted by molar-refractivity contribution is -0.135. The second-order valence-electron chi connectivity index (χ2n) is 8.04. The number of hydrogen-bond donors (Lipinski definition) is 2. The Balaban J connectivity index is 1.63. The lowest BCUT2D eigenvalue weighted by Gasteiger charge is -2.29. The van der Waals surface area contributed by atoms with Crippen LogP contribution in [0.2, 0.25) is 0 Å². The van der Waals surface area contributed by atoms with Crippen LogP contribution in [0, 0.1) is 5.92 Å². The molecule has 2 atom stereocenters. The highest BCUT2D eigenvalue weighted by Crippen LogP contribution is 2.33. The predicted molar refractivity (Wildman–Crippen MR) is 127 cm³/mol. The molecule has 2 aromatic carbocycles. The van der Waals surface area contributed by atoms with E-state index in [4.69, 9.17) is 4.74 Å². The molecule has 0 saturated heterocycles. The van der Waals surface area contributed by atoms with Crippen LogP contribution in [-0.4, -0.2) is 46.6 Å². The van der Waals surface area contributed by atoms with E-state index in [2.05, 4.69) is 49.4 Å². The second kappa shape index (κ2) is 9.16. The number of H-pyrrole nitrogens is 1. The largest absolute Gasteiger partial charge is 0.453 e. The first-order chi connectivity index (χ1) is 15.4. The van der Waals surface area contributed by atoms with Gasteiger partial charge in [-0.05, 0) is 22.8 Å². The molecular formula is C24H25BrN4O3. The Morgan fingerprint density at radius 1 is 1.22 bits per heavy atom. The van der Waals surface area contributed by atoms with Crippen LogP contribution in [0.25, 0.3) is 22.0 Å². The van der Waals surface area contributed by atoms with Crippen LogP contribution >= 0.6 is 15.9 Å². The molecule has 7 nitrogen and oxygen atoms in total. The van der Waals surface area contributed by atoms with Crippen LogP contribution in [-0.2, 0) is 9.53 Å². The molecule has 0 radical (unpaired) electrons. The zero-order chi connectivity index (χ0) is 22.8. The van der Waals surface area contributed by atoms with E-state index in [-0.39, 0.29) is 17.9 Å². The third-order valence-corrected chi connectivity index (χ3v) is 6.36. The van der Waals surface area contributed by atoms with Crippen molar-refractivity contribution in [3.05, 3.63) is 65.0 Å². The van der Waals surface area contributed by atoms with Crippen LogP contribution in [0.4, 0.5) is 4.79 Å². The van der Waals surface area contributed by atoms with Crippen LogP contribution < -0.4 is 5.32 Å². The molecule has 1 aliphatic heterocycles. The maximum Gasteiger partial charge on any atom is 0.407 e. The molecule has 0 aliphatic carbocycles. The Kier molecular flexibility index (Phi) is 6.32. The molecule has 2 amide bonds. The summed E-state index contributed by atoms with van der Waals surface area (Å²) in [5.41, 5.74) is 1.92. The third kappa shape index (κ3) is 4.14. The van der Waals surface area contributed by atoms with Crippen molar-refractivity contribution in [2.45, 2.75) is 25.9 Å². The Bertz CT molecular complexity index is 1190. The number of aromatic nitrogens is 2. The third-order valence-electron chi connectivity index (χ3n) is 5.67. The molecule has 0 bridgehead atoms. The molecule has 0 saturated carbocycles. The van der Waals surface area contributed by atoms with E-state index < -0.39 is 12.1 Å². The number of halogens is 1. The molecule has 2 N–H and O–H groups in total. The normalized spacial score (nSPS) is 16.5. The van der Waals surface area contributed by atoms with Gasteiger partial charge in [0.25, 0.3) is 0 Å². The number of carbonyl (C=O) groups is 2. The van der Waals surface area contributed by atoms with E-state index in [1.54, 1.807) is 11.1 Å². The van der Waals surface area contributed by atoms with Crippen molar-refractivity contribution in [2.24, 2.45) is 5.92 Å². The van der Waals surface area contributed by atoms with Gasteiger partial charge < -0.3 is 19.9 Å². The van der Waals surface area contributed by atoms with Gasteiger partial charge in [0.15, 0.2) is 0 Å². The summed E-state index contributed by atoms with van der Waals surface area (Å²) >= 11 is 3.62. The number of methoxy groups -OCH3 is 1. The molecular weight excluding hydrogens is 472 g/mol. The van der Waals surface area contributed by atoms with E-state index in [9.17, 15) is 9.59 Å². The number of aromatic amines is 1. The zero-order valence-electron chi connectivity index (χ0n) is 18.1. The molecule has 1 aromatic heterocycles. The first kappa shape index (κ1) is 22.1. The number of nitrogens with one attached hydrogen (secondary N) is 2. The molecule has 2 heterocycles. The molecule has 1 aliphatic rings. The van der Waals surface area contributed by atoms with Crippen molar-refractivity contribution in [1.82, 2.24) is 20.2 Å². The van der Waals surface area contributed by atoms with Gasteiger partial charge in [-0.25, -0.2) is 9.78 Å². The first-order valence-electron chi connectivity index (χ1n) is 10.4. The molecule has 8 heteroatoms. The lowest BCUT2D eigenvalue weighted by atomic mass is 10.0. The fourth-order valence-electron chi connectivity index (χ4n) is 3.99. The van der Waals surface area contributed by atoms with Gasteiger partial charge in [-0.15, -0.1) is 0 Å². The number of alkyl carbamates (subject to hydrolysis) is 1. The lowest BCUT2D eigenvalue weighted by Crippen LogP contribution is -2.51. The van der Waals surface area contributed by atoms with E-state index in [1.807, 2.05) is 44.2 Å². The van der Waals surface area contributed by atoms with Crippen molar-refractivity contribution in [3.8, 4) is 11.3 Å². The van der Waals surface area contributed by atoms with Gasteiger partial charge in [0.1, 0.15) is 17.9 Å². The molecule has 1 unspecified atom stereocenters. The topological polar surface area (TPSA) is 87.3 Å². The minimum Gasteiger partial charge on any atom is -0.453 e. The van der Waals surface area contributed by atoms with Gasteiger partial charge in [-0.2, -0.15) is 0 Å². The second-order valence-corrected chi connectivity index (χ2v) is 8.90. The Hall–Kier alpha value is -3.13. The maximum atomic E-state index is 13.3. The average Bonchev–Trinajstić information content (AvgIpc) is 3.46. The number of fused-ring (bicyclic) bond motifs is 1. The number of rotatable bonds is 5. The van der Waals surface area contributed by atoms with Crippen molar-refractivity contribution < 1.29 is 14.3 Å². The van der Waals surface area contributed by atoms with Gasteiger partial charge in [-0.1, -0.05) is 72.3 Å². The highest BCUT2D eigenvalue weighted by Gasteiger charge is 2.35. The van der Waals surface area contributed by atoms with Gasteiger partial charge in [0, 0.05) is 16.6 Å². The molecule has 166 valence electrons. The van der Waals surface area contributed by atoms with Crippen LogP contribution in [0.1, 0.15) is 25.7 Å². The molecule has 4 rings (SSSR count). The number of ether oxygens (including phenoxy) is 1. The fourth-order valence-corrected chi connectivity index (χ4v) is 4.49. The van der Waals surface area contributed by atoms with Gasteiger partial charge >= 0.3 is 6.09 Å². The van der Waals surface area contributed by atoms with E-state index >= 15 is 0 Å². The van der Waals surface area contributed by atoms with E-state index in [0.717, 1.165) is 26.5 Å². The summed E-state index contributed by atoms with van der Waals surface area (Å²) in [4.78, 5) is 34.7.